The van der Waals surface area contributed by atoms with E-state index >= 15 is 0 Å². The van der Waals surface area contributed by atoms with Crippen LogP contribution in [0, 0.1) is 5.82 Å². The number of aliphatic carboxylic acids is 1. The van der Waals surface area contributed by atoms with E-state index in [1.807, 2.05) is 0 Å². The van der Waals surface area contributed by atoms with Gasteiger partial charge in [0.15, 0.2) is 0 Å². The van der Waals surface area contributed by atoms with Gasteiger partial charge in [-0.2, -0.15) is 0 Å². The zero-order valence-electron chi connectivity index (χ0n) is 8.14. The van der Waals surface area contributed by atoms with Crippen LogP contribution in [0.4, 0.5) is 4.39 Å². The molecule has 0 amide bonds. The molecule has 0 aliphatic carbocycles. The molecule has 2 atom stereocenters. The summed E-state index contributed by atoms with van der Waals surface area (Å²) in [5, 5.41) is 7.71. The van der Waals surface area contributed by atoms with Gasteiger partial charge in [0.25, 0.3) is 0 Å². The molecule has 82 valence electrons. The third kappa shape index (κ3) is 3.43. The summed E-state index contributed by atoms with van der Waals surface area (Å²) in [5.74, 6) is -1.32. The zero-order valence-corrected chi connectivity index (χ0v) is 8.96. The molecule has 0 spiro atoms. The van der Waals surface area contributed by atoms with Crippen molar-refractivity contribution in [3.63, 3.8) is 0 Å². The molecular weight excluding hydrogens is 219 g/mol. The third-order valence-corrected chi connectivity index (χ3v) is 3.57. The van der Waals surface area contributed by atoms with Gasteiger partial charge in [0.2, 0.25) is 0 Å². The topological polar surface area (TPSA) is 54.4 Å². The van der Waals surface area contributed by atoms with Crippen LogP contribution in [-0.4, -0.2) is 20.5 Å². The molecule has 0 aromatic heterocycles. The minimum Gasteiger partial charge on any atom is -0.480 e. The normalized spacial score (nSPS) is 14.5. The van der Waals surface area contributed by atoms with Gasteiger partial charge in [0.1, 0.15) is 11.1 Å². The van der Waals surface area contributed by atoms with Crippen LogP contribution in [0.25, 0.3) is 0 Å². The summed E-state index contributed by atoms with van der Waals surface area (Å²) in [5.41, 5.74) is 0.669. The molecule has 5 heteroatoms. The predicted molar refractivity (Wildman–Crippen MR) is 55.3 cm³/mol. The highest BCUT2D eigenvalue weighted by Gasteiger charge is 2.18. The van der Waals surface area contributed by atoms with Crippen LogP contribution in [0.3, 0.4) is 0 Å². The highest BCUT2D eigenvalue weighted by atomic mass is 32.2. The van der Waals surface area contributed by atoms with Crippen LogP contribution in [-0.2, 0) is 21.3 Å². The summed E-state index contributed by atoms with van der Waals surface area (Å²) < 4.78 is 24.0. The summed E-state index contributed by atoms with van der Waals surface area (Å²) in [7, 11) is -1.47. The van der Waals surface area contributed by atoms with Gasteiger partial charge < -0.3 is 5.11 Å². The van der Waals surface area contributed by atoms with Crippen molar-refractivity contribution < 1.29 is 18.5 Å². The van der Waals surface area contributed by atoms with Crippen molar-refractivity contribution in [2.45, 2.75) is 17.9 Å². The van der Waals surface area contributed by atoms with Crippen LogP contribution in [0.5, 0.6) is 0 Å². The summed E-state index contributed by atoms with van der Waals surface area (Å²) in [6, 6.07) is 5.53. The van der Waals surface area contributed by atoms with Gasteiger partial charge in [-0.3, -0.25) is 9.00 Å². The van der Waals surface area contributed by atoms with E-state index in [1.165, 1.54) is 31.2 Å². The van der Waals surface area contributed by atoms with Gasteiger partial charge in [-0.15, -0.1) is 0 Å². The Labute approximate surface area is 89.4 Å². The first-order valence-corrected chi connectivity index (χ1v) is 5.73. The summed E-state index contributed by atoms with van der Waals surface area (Å²) in [6.45, 7) is 1.39. The van der Waals surface area contributed by atoms with E-state index in [0.29, 0.717) is 5.56 Å². The molecule has 0 saturated carbocycles. The second kappa shape index (κ2) is 5.02. The van der Waals surface area contributed by atoms with E-state index in [-0.39, 0.29) is 11.6 Å². The first kappa shape index (κ1) is 11.8. The number of carboxylic acids is 1. The Morgan fingerprint density at radius 2 is 2.00 bits per heavy atom. The molecule has 3 nitrogen and oxygen atoms in total. The quantitative estimate of drug-likeness (QED) is 0.853. The summed E-state index contributed by atoms with van der Waals surface area (Å²) in [6.07, 6.45) is 0. The number of carbonyl (C=O) groups is 1. The molecule has 15 heavy (non-hydrogen) atoms. The molecule has 1 aromatic rings. The molecule has 1 aromatic carbocycles. The standard InChI is InChI=1S/C10H11FO3S/c1-7(10(12)13)15(14)6-8-2-4-9(11)5-3-8/h2-5,7H,6H2,1H3,(H,12,13). The van der Waals surface area contributed by atoms with E-state index in [0.717, 1.165) is 0 Å². The number of hydrogen-bond donors (Lipinski definition) is 1. The summed E-state index contributed by atoms with van der Waals surface area (Å²) >= 11 is 0. The first-order chi connectivity index (χ1) is 7.00. The average Bonchev–Trinajstić information content (AvgIpc) is 2.20. The number of carboxylic acid groups (broad SMARTS) is 1. The fourth-order valence-corrected chi connectivity index (χ4v) is 1.98. The SMILES string of the molecule is CC(C(=O)O)S(=O)Cc1ccc(F)cc1. The minimum absolute atomic E-state index is 0.133. The number of hydrogen-bond acceptors (Lipinski definition) is 2. The van der Waals surface area contributed by atoms with Gasteiger partial charge >= 0.3 is 5.97 Å². The smallest absolute Gasteiger partial charge is 0.318 e. The van der Waals surface area contributed by atoms with Crippen molar-refractivity contribution in [3.05, 3.63) is 35.6 Å². The van der Waals surface area contributed by atoms with Crippen molar-refractivity contribution in [3.8, 4) is 0 Å². The lowest BCUT2D eigenvalue weighted by molar-refractivity contribution is -0.136. The Bertz CT molecular complexity index is 375. The molecule has 2 unspecified atom stereocenters. The molecule has 0 bridgehead atoms. The maximum absolute atomic E-state index is 12.5. The van der Waals surface area contributed by atoms with Crippen molar-refractivity contribution in [2.75, 3.05) is 0 Å². The molecule has 0 saturated heterocycles. The molecular formula is C10H11FO3S. The fraction of sp³-hybridized carbons (Fsp3) is 0.300. The van der Waals surface area contributed by atoms with Gasteiger partial charge in [-0.1, -0.05) is 12.1 Å². The molecule has 0 radical (unpaired) electrons. The van der Waals surface area contributed by atoms with Gasteiger partial charge in [0.05, 0.1) is 0 Å². The average molecular weight is 230 g/mol. The zero-order chi connectivity index (χ0) is 11.4. The Morgan fingerprint density at radius 1 is 1.47 bits per heavy atom. The second-order valence-corrected chi connectivity index (χ2v) is 4.89. The van der Waals surface area contributed by atoms with Crippen molar-refractivity contribution in [1.82, 2.24) is 0 Å². The van der Waals surface area contributed by atoms with Crippen LogP contribution < -0.4 is 0 Å². The lowest BCUT2D eigenvalue weighted by Crippen LogP contribution is -2.22. The molecule has 0 heterocycles. The Hall–Kier alpha value is -1.23. The molecule has 1 rings (SSSR count). The fourth-order valence-electron chi connectivity index (χ4n) is 0.982. The largest absolute Gasteiger partial charge is 0.480 e. The van der Waals surface area contributed by atoms with E-state index in [4.69, 9.17) is 5.11 Å². The van der Waals surface area contributed by atoms with E-state index in [9.17, 15) is 13.4 Å². The van der Waals surface area contributed by atoms with E-state index in [1.54, 1.807) is 0 Å². The number of rotatable bonds is 4. The monoisotopic (exact) mass is 230 g/mol. The van der Waals surface area contributed by atoms with Crippen LogP contribution in [0.1, 0.15) is 12.5 Å². The number of benzene rings is 1. The van der Waals surface area contributed by atoms with Crippen LogP contribution in [0.2, 0.25) is 0 Å². The maximum atomic E-state index is 12.5. The highest BCUT2D eigenvalue weighted by Crippen LogP contribution is 2.08. The molecule has 0 aliphatic heterocycles. The third-order valence-electron chi connectivity index (χ3n) is 1.96. The first-order valence-electron chi connectivity index (χ1n) is 4.35. The van der Waals surface area contributed by atoms with Gasteiger partial charge in [-0.25, -0.2) is 4.39 Å². The van der Waals surface area contributed by atoms with Crippen LogP contribution in [0.15, 0.2) is 24.3 Å². The second-order valence-electron chi connectivity index (χ2n) is 3.13. The lowest BCUT2D eigenvalue weighted by Gasteiger charge is -2.06. The lowest BCUT2D eigenvalue weighted by atomic mass is 10.2. The maximum Gasteiger partial charge on any atom is 0.318 e. The Kier molecular flexibility index (Phi) is 3.96. The molecule has 0 aliphatic rings. The molecule has 0 fully saturated rings. The Balaban J connectivity index is 2.66. The minimum atomic E-state index is -1.47. The van der Waals surface area contributed by atoms with Crippen molar-refractivity contribution in [2.24, 2.45) is 0 Å². The number of halogens is 1. The molecule has 1 N–H and O–H groups in total. The van der Waals surface area contributed by atoms with E-state index in [2.05, 4.69) is 0 Å². The highest BCUT2D eigenvalue weighted by molar-refractivity contribution is 7.85. The van der Waals surface area contributed by atoms with Crippen molar-refractivity contribution >= 4 is 16.8 Å². The van der Waals surface area contributed by atoms with Crippen LogP contribution >= 0.6 is 0 Å². The van der Waals surface area contributed by atoms with Gasteiger partial charge in [-0.05, 0) is 24.6 Å². The van der Waals surface area contributed by atoms with E-state index < -0.39 is 22.0 Å². The van der Waals surface area contributed by atoms with Gasteiger partial charge in [0, 0.05) is 16.6 Å². The summed E-state index contributed by atoms with van der Waals surface area (Å²) in [4.78, 5) is 10.5. The predicted octanol–water partition coefficient (Wildman–Crippen LogP) is 1.55. The van der Waals surface area contributed by atoms with Crippen molar-refractivity contribution in [1.29, 1.82) is 0 Å². The Morgan fingerprint density at radius 3 is 2.47 bits per heavy atom.